The number of nitrogens with one attached hydrogen (secondary N) is 1. The molecule has 0 aliphatic heterocycles. The summed E-state index contributed by atoms with van der Waals surface area (Å²) in [5.41, 5.74) is 5.69. The first-order valence-electron chi connectivity index (χ1n) is 7.00. The SMILES string of the molecule is CC(C)OCCCCNc1nc(N)nc(-n2ccnc2)n1. The van der Waals surface area contributed by atoms with Crippen molar-refractivity contribution in [3.8, 4) is 5.95 Å². The largest absolute Gasteiger partial charge is 0.379 e. The number of nitrogen functional groups attached to an aromatic ring is 1. The quantitative estimate of drug-likeness (QED) is 0.705. The van der Waals surface area contributed by atoms with E-state index in [1.165, 1.54) is 0 Å². The third kappa shape index (κ3) is 4.99. The number of nitrogens with two attached hydrogens (primary N) is 1. The molecule has 3 N–H and O–H groups in total. The van der Waals surface area contributed by atoms with Crippen LogP contribution in [0.5, 0.6) is 0 Å². The third-order valence-corrected chi connectivity index (χ3v) is 2.68. The molecule has 0 aromatic carbocycles. The van der Waals surface area contributed by atoms with Crippen molar-refractivity contribution in [2.45, 2.75) is 32.8 Å². The molecule has 2 aromatic rings. The van der Waals surface area contributed by atoms with Crippen LogP contribution in [0.3, 0.4) is 0 Å². The van der Waals surface area contributed by atoms with Gasteiger partial charge in [0.15, 0.2) is 0 Å². The predicted molar refractivity (Wildman–Crippen MR) is 80.2 cm³/mol. The van der Waals surface area contributed by atoms with Crippen LogP contribution in [-0.2, 0) is 4.74 Å². The van der Waals surface area contributed by atoms with Crippen molar-refractivity contribution in [2.75, 3.05) is 24.2 Å². The zero-order chi connectivity index (χ0) is 15.1. The maximum Gasteiger partial charge on any atom is 0.241 e. The molecule has 8 heteroatoms. The number of hydrogen-bond acceptors (Lipinski definition) is 7. The molecule has 0 amide bonds. The number of rotatable bonds is 8. The average Bonchev–Trinajstić information content (AvgIpc) is 2.96. The lowest BCUT2D eigenvalue weighted by Gasteiger charge is -2.09. The molecule has 21 heavy (non-hydrogen) atoms. The number of unbranched alkanes of at least 4 members (excludes halogenated alkanes) is 1. The van der Waals surface area contributed by atoms with Crippen LogP contribution in [0.4, 0.5) is 11.9 Å². The molecule has 8 nitrogen and oxygen atoms in total. The molecule has 0 bridgehead atoms. The van der Waals surface area contributed by atoms with Gasteiger partial charge in [-0.15, -0.1) is 0 Å². The molecule has 2 rings (SSSR count). The minimum atomic E-state index is 0.180. The van der Waals surface area contributed by atoms with Gasteiger partial charge in [0.05, 0.1) is 6.10 Å². The number of nitrogens with zero attached hydrogens (tertiary/aromatic N) is 5. The summed E-state index contributed by atoms with van der Waals surface area (Å²) in [5, 5.41) is 3.14. The molecule has 0 spiro atoms. The topological polar surface area (TPSA) is 104 Å². The number of hydrogen-bond donors (Lipinski definition) is 2. The molecule has 0 unspecified atom stereocenters. The smallest absolute Gasteiger partial charge is 0.241 e. The van der Waals surface area contributed by atoms with Crippen molar-refractivity contribution in [3.05, 3.63) is 18.7 Å². The summed E-state index contributed by atoms with van der Waals surface area (Å²) in [5.74, 6) is 1.10. The Kier molecular flexibility index (Phi) is 5.44. The number of anilines is 2. The van der Waals surface area contributed by atoms with E-state index in [2.05, 4.69) is 25.3 Å². The fourth-order valence-corrected chi connectivity index (χ4v) is 1.70. The Hall–Kier alpha value is -2.22. The Labute approximate surface area is 123 Å². The van der Waals surface area contributed by atoms with Crippen LogP contribution in [-0.4, -0.2) is 43.8 Å². The van der Waals surface area contributed by atoms with Gasteiger partial charge in [-0.2, -0.15) is 15.0 Å². The second-order valence-electron chi connectivity index (χ2n) is 4.84. The van der Waals surface area contributed by atoms with E-state index in [-0.39, 0.29) is 12.1 Å². The summed E-state index contributed by atoms with van der Waals surface area (Å²) >= 11 is 0. The molecule has 0 fully saturated rings. The van der Waals surface area contributed by atoms with Crippen molar-refractivity contribution >= 4 is 11.9 Å². The normalized spacial score (nSPS) is 11.0. The van der Waals surface area contributed by atoms with E-state index >= 15 is 0 Å². The predicted octanol–water partition coefficient (Wildman–Crippen LogP) is 1.26. The Balaban J connectivity index is 1.83. The molecule has 0 atom stereocenters. The van der Waals surface area contributed by atoms with Gasteiger partial charge in [0.1, 0.15) is 6.33 Å². The maximum atomic E-state index is 5.69. The van der Waals surface area contributed by atoms with Gasteiger partial charge in [0.2, 0.25) is 17.8 Å². The minimum Gasteiger partial charge on any atom is -0.379 e. The molecule has 0 saturated heterocycles. The Morgan fingerprint density at radius 1 is 1.29 bits per heavy atom. The van der Waals surface area contributed by atoms with E-state index < -0.39 is 0 Å². The average molecular weight is 291 g/mol. The molecule has 114 valence electrons. The van der Waals surface area contributed by atoms with Crippen molar-refractivity contribution in [3.63, 3.8) is 0 Å². The van der Waals surface area contributed by atoms with Crippen LogP contribution >= 0.6 is 0 Å². The standard InChI is InChI=1S/C13H21N7O/c1-10(2)21-8-4-3-5-16-12-17-11(14)18-13(19-12)20-7-6-15-9-20/h6-7,9-10H,3-5,8H2,1-2H3,(H3,14,16,17,18,19). The molecule has 0 aliphatic rings. The summed E-state index contributed by atoms with van der Waals surface area (Å²) in [4.78, 5) is 16.4. The fraction of sp³-hybridized carbons (Fsp3) is 0.538. The summed E-state index contributed by atoms with van der Waals surface area (Å²) in [6.07, 6.45) is 7.25. The van der Waals surface area contributed by atoms with Crippen LogP contribution in [0.1, 0.15) is 26.7 Å². The lowest BCUT2D eigenvalue weighted by Crippen LogP contribution is -2.12. The molecular formula is C13H21N7O. The monoisotopic (exact) mass is 291 g/mol. The molecule has 0 radical (unpaired) electrons. The van der Waals surface area contributed by atoms with Gasteiger partial charge in [-0.25, -0.2) is 4.98 Å². The highest BCUT2D eigenvalue weighted by Gasteiger charge is 2.05. The van der Waals surface area contributed by atoms with Crippen molar-refractivity contribution in [1.29, 1.82) is 0 Å². The van der Waals surface area contributed by atoms with Gasteiger partial charge in [-0.3, -0.25) is 4.57 Å². The van der Waals surface area contributed by atoms with Crippen LogP contribution in [0.2, 0.25) is 0 Å². The summed E-state index contributed by atoms with van der Waals surface area (Å²) < 4.78 is 7.16. The first-order valence-corrected chi connectivity index (χ1v) is 7.00. The minimum absolute atomic E-state index is 0.180. The van der Waals surface area contributed by atoms with Crippen molar-refractivity contribution in [2.24, 2.45) is 0 Å². The van der Waals surface area contributed by atoms with Gasteiger partial charge >= 0.3 is 0 Å². The van der Waals surface area contributed by atoms with Gasteiger partial charge in [-0.05, 0) is 26.7 Å². The van der Waals surface area contributed by atoms with Gasteiger partial charge in [0.25, 0.3) is 0 Å². The van der Waals surface area contributed by atoms with Crippen LogP contribution < -0.4 is 11.1 Å². The van der Waals surface area contributed by atoms with Gasteiger partial charge < -0.3 is 15.8 Å². The van der Waals surface area contributed by atoms with E-state index in [1.54, 1.807) is 23.3 Å². The van der Waals surface area contributed by atoms with Gasteiger partial charge in [0, 0.05) is 25.5 Å². The van der Waals surface area contributed by atoms with Crippen molar-refractivity contribution < 1.29 is 4.74 Å². The highest BCUT2D eigenvalue weighted by Crippen LogP contribution is 2.07. The highest BCUT2D eigenvalue weighted by molar-refractivity contribution is 5.34. The fourth-order valence-electron chi connectivity index (χ4n) is 1.70. The summed E-state index contributed by atoms with van der Waals surface area (Å²) in [6.45, 7) is 5.58. The first kappa shape index (κ1) is 15.2. The molecule has 0 saturated carbocycles. The van der Waals surface area contributed by atoms with Gasteiger partial charge in [-0.1, -0.05) is 0 Å². The third-order valence-electron chi connectivity index (χ3n) is 2.68. The zero-order valence-corrected chi connectivity index (χ0v) is 12.4. The molecule has 0 aliphatic carbocycles. The van der Waals surface area contributed by atoms with E-state index in [0.29, 0.717) is 11.9 Å². The van der Waals surface area contributed by atoms with E-state index in [4.69, 9.17) is 10.5 Å². The van der Waals surface area contributed by atoms with E-state index in [1.807, 2.05) is 13.8 Å². The van der Waals surface area contributed by atoms with E-state index in [9.17, 15) is 0 Å². The number of aromatic nitrogens is 5. The highest BCUT2D eigenvalue weighted by atomic mass is 16.5. The Morgan fingerprint density at radius 2 is 2.14 bits per heavy atom. The lowest BCUT2D eigenvalue weighted by atomic mass is 10.3. The maximum absolute atomic E-state index is 5.69. The second-order valence-corrected chi connectivity index (χ2v) is 4.84. The van der Waals surface area contributed by atoms with Crippen LogP contribution in [0, 0.1) is 0 Å². The molecule has 2 aromatic heterocycles. The van der Waals surface area contributed by atoms with E-state index in [0.717, 1.165) is 26.0 Å². The summed E-state index contributed by atoms with van der Waals surface area (Å²) in [6, 6.07) is 0. The summed E-state index contributed by atoms with van der Waals surface area (Å²) in [7, 11) is 0. The Bertz CT molecular complexity index is 541. The molecular weight excluding hydrogens is 270 g/mol. The number of ether oxygens (including phenoxy) is 1. The number of imidazole rings is 1. The first-order chi connectivity index (χ1) is 10.1. The van der Waals surface area contributed by atoms with Crippen LogP contribution in [0.25, 0.3) is 5.95 Å². The van der Waals surface area contributed by atoms with Crippen molar-refractivity contribution in [1.82, 2.24) is 24.5 Å². The Morgan fingerprint density at radius 3 is 2.86 bits per heavy atom. The lowest BCUT2D eigenvalue weighted by molar-refractivity contribution is 0.0765. The van der Waals surface area contributed by atoms with Crippen LogP contribution in [0.15, 0.2) is 18.7 Å². The molecule has 2 heterocycles. The second kappa shape index (κ2) is 7.53. The zero-order valence-electron chi connectivity index (χ0n) is 12.4.